The van der Waals surface area contributed by atoms with Crippen LogP contribution in [0.15, 0.2) is 79.4 Å². The first-order valence-corrected chi connectivity index (χ1v) is 11.1. The van der Waals surface area contributed by atoms with Gasteiger partial charge in [0.1, 0.15) is 0 Å². The number of carbonyl (C=O) groups is 1. The van der Waals surface area contributed by atoms with E-state index in [2.05, 4.69) is 56.2 Å². The Morgan fingerprint density at radius 3 is 2.52 bits per heavy atom. The molecule has 1 aliphatic heterocycles. The summed E-state index contributed by atoms with van der Waals surface area (Å²) in [4.78, 5) is 22.0. The summed E-state index contributed by atoms with van der Waals surface area (Å²) in [5.41, 5.74) is 2.45. The molecule has 1 aromatic heterocycles. The Hall–Kier alpha value is -2.96. The molecule has 1 amide bonds. The van der Waals surface area contributed by atoms with E-state index in [1.807, 2.05) is 41.7 Å². The summed E-state index contributed by atoms with van der Waals surface area (Å²) in [5.74, 6) is 0.187. The first kappa shape index (κ1) is 21.3. The quantitative estimate of drug-likeness (QED) is 0.582. The van der Waals surface area contributed by atoms with Crippen LogP contribution in [0.3, 0.4) is 0 Å². The maximum Gasteiger partial charge on any atom is 0.241 e. The predicted octanol–water partition coefficient (Wildman–Crippen LogP) is 2.78. The maximum atomic E-state index is 13.5. The van der Waals surface area contributed by atoms with Crippen molar-refractivity contribution in [1.29, 1.82) is 0 Å². The lowest BCUT2D eigenvalue weighted by atomic mass is 10.1. The first-order chi connectivity index (χ1) is 15.3. The Kier molecular flexibility index (Phi) is 7.47. The van der Waals surface area contributed by atoms with Crippen molar-refractivity contribution in [2.45, 2.75) is 32.1 Å². The average Bonchev–Trinajstić information content (AvgIpc) is 3.33. The minimum Gasteiger partial charge on any atom is -0.337 e. The second-order valence-corrected chi connectivity index (χ2v) is 8.13. The summed E-state index contributed by atoms with van der Waals surface area (Å²) < 4.78 is 2.06. The van der Waals surface area contributed by atoms with Crippen LogP contribution < -0.4 is 5.32 Å². The van der Waals surface area contributed by atoms with Crippen LogP contribution in [0.2, 0.25) is 0 Å². The van der Waals surface area contributed by atoms with Crippen molar-refractivity contribution in [2.75, 3.05) is 26.2 Å². The molecule has 0 saturated carbocycles. The van der Waals surface area contributed by atoms with Gasteiger partial charge in [-0.25, -0.2) is 4.98 Å². The highest BCUT2D eigenvalue weighted by Gasteiger charge is 2.29. The summed E-state index contributed by atoms with van der Waals surface area (Å²) in [6.07, 6.45) is 6.48. The van der Waals surface area contributed by atoms with Gasteiger partial charge in [0.15, 0.2) is 0 Å². The number of piperazine rings is 1. The van der Waals surface area contributed by atoms with Gasteiger partial charge in [-0.1, -0.05) is 60.7 Å². The van der Waals surface area contributed by atoms with Crippen LogP contribution in [0.5, 0.6) is 0 Å². The van der Waals surface area contributed by atoms with Gasteiger partial charge in [0, 0.05) is 58.2 Å². The summed E-state index contributed by atoms with van der Waals surface area (Å²) in [7, 11) is 0. The Morgan fingerprint density at radius 1 is 1.06 bits per heavy atom. The maximum absolute atomic E-state index is 13.5. The van der Waals surface area contributed by atoms with Crippen molar-refractivity contribution in [3.63, 3.8) is 0 Å². The van der Waals surface area contributed by atoms with E-state index >= 15 is 0 Å². The van der Waals surface area contributed by atoms with E-state index in [4.69, 9.17) is 0 Å². The highest BCUT2D eigenvalue weighted by molar-refractivity contribution is 5.82. The largest absolute Gasteiger partial charge is 0.337 e. The van der Waals surface area contributed by atoms with Gasteiger partial charge in [0.2, 0.25) is 5.91 Å². The van der Waals surface area contributed by atoms with E-state index in [1.165, 1.54) is 5.56 Å². The number of aromatic nitrogens is 2. The van der Waals surface area contributed by atoms with E-state index < -0.39 is 0 Å². The monoisotopic (exact) mass is 417 g/mol. The van der Waals surface area contributed by atoms with Crippen molar-refractivity contribution < 1.29 is 4.79 Å². The van der Waals surface area contributed by atoms with Crippen LogP contribution in [0, 0.1) is 0 Å². The molecule has 6 nitrogen and oxygen atoms in total. The SMILES string of the molecule is O=C(C1CN(Cc2ccccc2)CCN1)N(CCCn1ccnc1)Cc1ccccc1. The Morgan fingerprint density at radius 2 is 1.81 bits per heavy atom. The zero-order chi connectivity index (χ0) is 21.3. The van der Waals surface area contributed by atoms with Crippen LogP contribution in [-0.4, -0.2) is 57.5 Å². The molecule has 1 N–H and O–H groups in total. The third-order valence-corrected chi connectivity index (χ3v) is 5.74. The molecule has 2 aromatic carbocycles. The predicted molar refractivity (Wildman–Crippen MR) is 122 cm³/mol. The fourth-order valence-electron chi connectivity index (χ4n) is 4.12. The zero-order valence-electron chi connectivity index (χ0n) is 17.9. The Balaban J connectivity index is 1.39. The van der Waals surface area contributed by atoms with Gasteiger partial charge in [-0.05, 0) is 17.5 Å². The molecular weight excluding hydrogens is 386 g/mol. The number of nitrogens with zero attached hydrogens (tertiary/aromatic N) is 4. The summed E-state index contributed by atoms with van der Waals surface area (Å²) >= 11 is 0. The van der Waals surface area contributed by atoms with Crippen LogP contribution in [-0.2, 0) is 24.4 Å². The molecule has 6 heteroatoms. The summed E-state index contributed by atoms with van der Waals surface area (Å²) in [6.45, 7) is 5.63. The molecule has 3 aromatic rings. The number of carbonyl (C=O) groups excluding carboxylic acids is 1. The van der Waals surface area contributed by atoms with Crippen LogP contribution >= 0.6 is 0 Å². The lowest BCUT2D eigenvalue weighted by Crippen LogP contribution is -2.57. The number of imidazole rings is 1. The van der Waals surface area contributed by atoms with Crippen molar-refractivity contribution in [3.8, 4) is 0 Å². The van der Waals surface area contributed by atoms with Crippen LogP contribution in [0.1, 0.15) is 17.5 Å². The molecule has 0 spiro atoms. The number of hydrogen-bond donors (Lipinski definition) is 1. The van der Waals surface area contributed by atoms with E-state index in [-0.39, 0.29) is 11.9 Å². The molecule has 2 heterocycles. The van der Waals surface area contributed by atoms with Gasteiger partial charge in [0.05, 0.1) is 12.4 Å². The van der Waals surface area contributed by atoms with Crippen molar-refractivity contribution in [1.82, 2.24) is 24.7 Å². The summed E-state index contributed by atoms with van der Waals surface area (Å²) in [6, 6.07) is 20.6. The second-order valence-electron chi connectivity index (χ2n) is 8.13. The third-order valence-electron chi connectivity index (χ3n) is 5.74. The highest BCUT2D eigenvalue weighted by Crippen LogP contribution is 2.12. The standard InChI is InChI=1S/C25H31N5O/c31-25(24-20-29(17-13-27-24)18-22-8-3-1-4-9-22)30(19-23-10-5-2-6-11-23)15-7-14-28-16-12-26-21-28/h1-6,8-12,16,21,24,27H,7,13-15,17-20H2. The van der Waals surface area contributed by atoms with E-state index in [1.54, 1.807) is 6.20 Å². The third kappa shape index (κ3) is 6.26. The molecule has 0 aliphatic carbocycles. The Labute approximate surface area is 184 Å². The number of benzene rings is 2. The lowest BCUT2D eigenvalue weighted by molar-refractivity contribution is -0.135. The molecule has 1 atom stereocenters. The molecule has 162 valence electrons. The number of hydrogen-bond acceptors (Lipinski definition) is 4. The molecule has 1 fully saturated rings. The number of amides is 1. The van der Waals surface area contributed by atoms with Gasteiger partial charge in [-0.2, -0.15) is 0 Å². The first-order valence-electron chi connectivity index (χ1n) is 11.1. The minimum absolute atomic E-state index is 0.172. The number of aryl methyl sites for hydroxylation is 1. The topological polar surface area (TPSA) is 53.4 Å². The van der Waals surface area contributed by atoms with Gasteiger partial charge in [0.25, 0.3) is 0 Å². The normalized spacial score (nSPS) is 16.8. The van der Waals surface area contributed by atoms with E-state index in [0.29, 0.717) is 6.54 Å². The van der Waals surface area contributed by atoms with Crippen molar-refractivity contribution >= 4 is 5.91 Å². The fourth-order valence-corrected chi connectivity index (χ4v) is 4.12. The number of nitrogens with one attached hydrogen (secondary N) is 1. The van der Waals surface area contributed by atoms with Crippen molar-refractivity contribution in [2.24, 2.45) is 0 Å². The molecule has 0 radical (unpaired) electrons. The highest BCUT2D eigenvalue weighted by atomic mass is 16.2. The van der Waals surface area contributed by atoms with Gasteiger partial charge in [-0.3, -0.25) is 9.69 Å². The summed E-state index contributed by atoms with van der Waals surface area (Å²) in [5, 5.41) is 3.46. The van der Waals surface area contributed by atoms with Crippen LogP contribution in [0.4, 0.5) is 0 Å². The smallest absolute Gasteiger partial charge is 0.241 e. The Bertz CT molecular complexity index is 914. The minimum atomic E-state index is -0.172. The number of rotatable bonds is 9. The zero-order valence-corrected chi connectivity index (χ0v) is 17.9. The lowest BCUT2D eigenvalue weighted by Gasteiger charge is -2.36. The molecular formula is C25H31N5O. The van der Waals surface area contributed by atoms with Gasteiger partial charge >= 0.3 is 0 Å². The van der Waals surface area contributed by atoms with E-state index in [9.17, 15) is 4.79 Å². The van der Waals surface area contributed by atoms with Crippen molar-refractivity contribution in [3.05, 3.63) is 90.5 Å². The fraction of sp³-hybridized carbons (Fsp3) is 0.360. The molecule has 31 heavy (non-hydrogen) atoms. The van der Waals surface area contributed by atoms with Gasteiger partial charge < -0.3 is 14.8 Å². The van der Waals surface area contributed by atoms with Gasteiger partial charge in [-0.15, -0.1) is 0 Å². The second kappa shape index (κ2) is 10.9. The molecule has 1 aliphatic rings. The molecule has 1 unspecified atom stereocenters. The van der Waals surface area contributed by atoms with E-state index in [0.717, 1.165) is 51.3 Å². The molecule has 1 saturated heterocycles. The molecule has 4 rings (SSSR count). The van der Waals surface area contributed by atoms with Crippen LogP contribution in [0.25, 0.3) is 0 Å². The molecule has 0 bridgehead atoms. The average molecular weight is 418 g/mol.